The molecule has 18 heavy (non-hydrogen) atoms. The van der Waals surface area contributed by atoms with Crippen LogP contribution in [0.15, 0.2) is 23.4 Å². The van der Waals surface area contributed by atoms with Crippen LogP contribution in [0.2, 0.25) is 5.02 Å². The highest BCUT2D eigenvalue weighted by atomic mass is 35.5. The van der Waals surface area contributed by atoms with E-state index in [1.165, 1.54) is 31.3 Å². The molecule has 0 unspecified atom stereocenters. The Bertz CT molecular complexity index is 497. The van der Waals surface area contributed by atoms with E-state index >= 15 is 0 Å². The second-order valence-electron chi connectivity index (χ2n) is 4.62. The number of halogens is 1. The average Bonchev–Trinajstić information content (AvgIpc) is 2.57. The van der Waals surface area contributed by atoms with Crippen molar-refractivity contribution in [3.8, 4) is 0 Å². The van der Waals surface area contributed by atoms with Gasteiger partial charge in [-0.25, -0.2) is 13.1 Å². The van der Waals surface area contributed by atoms with E-state index in [1.54, 1.807) is 0 Å². The van der Waals surface area contributed by atoms with E-state index in [0.717, 1.165) is 25.7 Å². The predicted octanol–water partition coefficient (Wildman–Crippen LogP) is 2.74. The molecule has 0 spiro atoms. The van der Waals surface area contributed by atoms with Crippen LogP contribution < -0.4 is 4.72 Å². The maximum atomic E-state index is 12.2. The SMILES string of the molecule is O=S(=O)(NC1CCCCCC1)c1cnccc1Cl. The van der Waals surface area contributed by atoms with E-state index in [-0.39, 0.29) is 16.0 Å². The van der Waals surface area contributed by atoms with Crippen LogP contribution >= 0.6 is 11.6 Å². The third-order valence-corrected chi connectivity index (χ3v) is 5.19. The molecular formula is C12H17ClN2O2S. The maximum absolute atomic E-state index is 12.2. The summed E-state index contributed by atoms with van der Waals surface area (Å²) in [7, 11) is -3.55. The molecule has 0 radical (unpaired) electrons. The molecule has 1 fully saturated rings. The first kappa shape index (κ1) is 13.8. The molecule has 1 aliphatic rings. The lowest BCUT2D eigenvalue weighted by atomic mass is 10.1. The topological polar surface area (TPSA) is 59.1 Å². The molecule has 100 valence electrons. The van der Waals surface area contributed by atoms with Crippen molar-refractivity contribution in [2.45, 2.75) is 49.5 Å². The first-order valence-corrected chi connectivity index (χ1v) is 8.07. The van der Waals surface area contributed by atoms with Gasteiger partial charge in [-0.1, -0.05) is 37.3 Å². The Labute approximate surface area is 113 Å². The maximum Gasteiger partial charge on any atom is 0.243 e. The van der Waals surface area contributed by atoms with Gasteiger partial charge in [-0.15, -0.1) is 0 Å². The zero-order chi connectivity index (χ0) is 13.0. The van der Waals surface area contributed by atoms with Gasteiger partial charge >= 0.3 is 0 Å². The third-order valence-electron chi connectivity index (χ3n) is 3.20. The van der Waals surface area contributed by atoms with Gasteiger partial charge in [-0.3, -0.25) is 4.98 Å². The molecule has 0 amide bonds. The molecule has 1 heterocycles. The first-order valence-electron chi connectivity index (χ1n) is 6.21. The fourth-order valence-corrected chi connectivity index (χ4v) is 3.98. The van der Waals surface area contributed by atoms with Crippen molar-refractivity contribution >= 4 is 21.6 Å². The molecule has 2 rings (SSSR count). The summed E-state index contributed by atoms with van der Waals surface area (Å²) in [5, 5.41) is 0.214. The number of pyridine rings is 1. The Morgan fingerprint density at radius 2 is 1.89 bits per heavy atom. The van der Waals surface area contributed by atoms with E-state index < -0.39 is 10.0 Å². The molecule has 0 aromatic carbocycles. The van der Waals surface area contributed by atoms with E-state index in [1.807, 2.05) is 0 Å². The molecule has 0 bridgehead atoms. The Kier molecular flexibility index (Phi) is 4.59. The van der Waals surface area contributed by atoms with Crippen LogP contribution in [0.1, 0.15) is 38.5 Å². The van der Waals surface area contributed by atoms with Crippen LogP contribution in [-0.2, 0) is 10.0 Å². The summed E-state index contributed by atoms with van der Waals surface area (Å²) in [6.07, 6.45) is 9.10. The Balaban J connectivity index is 2.14. The third kappa shape index (κ3) is 3.43. The summed E-state index contributed by atoms with van der Waals surface area (Å²) in [6, 6.07) is 1.51. The second-order valence-corrected chi connectivity index (χ2v) is 6.71. The Morgan fingerprint density at radius 1 is 1.22 bits per heavy atom. The molecule has 1 aromatic rings. The van der Waals surface area contributed by atoms with Crippen molar-refractivity contribution in [1.29, 1.82) is 0 Å². The smallest absolute Gasteiger partial charge is 0.243 e. The zero-order valence-electron chi connectivity index (χ0n) is 10.1. The molecule has 6 heteroatoms. The monoisotopic (exact) mass is 288 g/mol. The zero-order valence-corrected chi connectivity index (χ0v) is 11.7. The van der Waals surface area contributed by atoms with Gasteiger partial charge in [0, 0.05) is 18.4 Å². The molecule has 4 nitrogen and oxygen atoms in total. The van der Waals surface area contributed by atoms with Crippen molar-refractivity contribution in [3.05, 3.63) is 23.5 Å². The van der Waals surface area contributed by atoms with E-state index in [2.05, 4.69) is 9.71 Å². The lowest BCUT2D eigenvalue weighted by molar-refractivity contribution is 0.510. The lowest BCUT2D eigenvalue weighted by Crippen LogP contribution is -2.34. The van der Waals surface area contributed by atoms with Crippen molar-refractivity contribution in [2.24, 2.45) is 0 Å². The lowest BCUT2D eigenvalue weighted by Gasteiger charge is -2.16. The van der Waals surface area contributed by atoms with Gasteiger partial charge in [0.1, 0.15) is 4.90 Å². The molecule has 0 atom stereocenters. The average molecular weight is 289 g/mol. The normalized spacial score (nSPS) is 18.5. The van der Waals surface area contributed by atoms with Crippen molar-refractivity contribution in [3.63, 3.8) is 0 Å². The molecule has 0 aliphatic heterocycles. The van der Waals surface area contributed by atoms with Gasteiger partial charge in [-0.2, -0.15) is 0 Å². The highest BCUT2D eigenvalue weighted by molar-refractivity contribution is 7.89. The molecule has 0 saturated heterocycles. The number of hydrogen-bond donors (Lipinski definition) is 1. The quantitative estimate of drug-likeness (QED) is 0.870. The summed E-state index contributed by atoms with van der Waals surface area (Å²) < 4.78 is 27.1. The van der Waals surface area contributed by atoms with Crippen molar-refractivity contribution in [2.75, 3.05) is 0 Å². The number of hydrogen-bond acceptors (Lipinski definition) is 3. The van der Waals surface area contributed by atoms with Gasteiger partial charge in [0.15, 0.2) is 0 Å². The van der Waals surface area contributed by atoms with Crippen LogP contribution in [-0.4, -0.2) is 19.4 Å². The van der Waals surface area contributed by atoms with Gasteiger partial charge in [0.2, 0.25) is 10.0 Å². The standard InChI is InChI=1S/C12H17ClN2O2S/c13-11-7-8-14-9-12(11)18(16,17)15-10-5-3-1-2-4-6-10/h7-10,15H,1-6H2. The number of aromatic nitrogens is 1. The largest absolute Gasteiger partial charge is 0.263 e. The first-order chi connectivity index (χ1) is 8.59. The molecule has 1 aliphatic carbocycles. The highest BCUT2D eigenvalue weighted by Gasteiger charge is 2.23. The van der Waals surface area contributed by atoms with Crippen LogP contribution in [0.4, 0.5) is 0 Å². The van der Waals surface area contributed by atoms with Crippen molar-refractivity contribution in [1.82, 2.24) is 9.71 Å². The van der Waals surface area contributed by atoms with Gasteiger partial charge in [-0.05, 0) is 18.9 Å². The van der Waals surface area contributed by atoms with Crippen LogP contribution in [0.5, 0.6) is 0 Å². The van der Waals surface area contributed by atoms with E-state index in [4.69, 9.17) is 11.6 Å². The Hall–Kier alpha value is -0.650. The van der Waals surface area contributed by atoms with Gasteiger partial charge in [0.05, 0.1) is 5.02 Å². The Morgan fingerprint density at radius 3 is 2.50 bits per heavy atom. The minimum Gasteiger partial charge on any atom is -0.263 e. The summed E-state index contributed by atoms with van der Waals surface area (Å²) in [6.45, 7) is 0. The second kappa shape index (κ2) is 5.99. The summed E-state index contributed by atoms with van der Waals surface area (Å²) >= 11 is 5.90. The van der Waals surface area contributed by atoms with Crippen LogP contribution in [0.3, 0.4) is 0 Å². The summed E-state index contributed by atoms with van der Waals surface area (Å²) in [4.78, 5) is 3.89. The fourth-order valence-electron chi connectivity index (χ4n) is 2.24. The van der Waals surface area contributed by atoms with E-state index in [0.29, 0.717) is 0 Å². The molecule has 1 aromatic heterocycles. The van der Waals surface area contributed by atoms with Gasteiger partial charge in [0.25, 0.3) is 0 Å². The number of nitrogens with zero attached hydrogens (tertiary/aromatic N) is 1. The highest BCUT2D eigenvalue weighted by Crippen LogP contribution is 2.22. The number of rotatable bonds is 3. The van der Waals surface area contributed by atoms with Crippen LogP contribution in [0.25, 0.3) is 0 Å². The number of nitrogens with one attached hydrogen (secondary N) is 1. The number of sulfonamides is 1. The summed E-state index contributed by atoms with van der Waals surface area (Å²) in [5.41, 5.74) is 0. The predicted molar refractivity (Wildman–Crippen MR) is 71.1 cm³/mol. The molecule has 1 N–H and O–H groups in total. The van der Waals surface area contributed by atoms with Crippen molar-refractivity contribution < 1.29 is 8.42 Å². The minimum absolute atomic E-state index is 0.0220. The fraction of sp³-hybridized carbons (Fsp3) is 0.583. The molecule has 1 saturated carbocycles. The van der Waals surface area contributed by atoms with E-state index in [9.17, 15) is 8.42 Å². The van der Waals surface area contributed by atoms with Crippen LogP contribution in [0, 0.1) is 0 Å². The molecular weight excluding hydrogens is 272 g/mol. The van der Waals surface area contributed by atoms with Gasteiger partial charge < -0.3 is 0 Å². The minimum atomic E-state index is -3.55. The summed E-state index contributed by atoms with van der Waals surface area (Å²) in [5.74, 6) is 0.